The number of hydrogen-bond donors (Lipinski definition) is 2. The highest BCUT2D eigenvalue weighted by Gasteiger charge is 2.23. The van der Waals surface area contributed by atoms with E-state index in [2.05, 4.69) is 15.6 Å². The molecule has 1 aromatic rings. The Bertz CT molecular complexity index is 649. The predicted molar refractivity (Wildman–Crippen MR) is 111 cm³/mol. The minimum Gasteiger partial charge on any atom is -0.379 e. The molecule has 0 saturated carbocycles. The quantitative estimate of drug-likeness (QED) is 0.348. The molecule has 0 atom stereocenters. The van der Waals surface area contributed by atoms with Gasteiger partial charge in [0.2, 0.25) is 10.0 Å². The van der Waals surface area contributed by atoms with Gasteiger partial charge in [-0.1, -0.05) is 23.7 Å². The molecule has 0 unspecified atom stereocenters. The number of nitrogens with one attached hydrogen (secondary N) is 2. The molecule has 0 aromatic heterocycles. The molecule has 1 aromatic carbocycles. The first-order chi connectivity index (χ1) is 11.5. The summed E-state index contributed by atoms with van der Waals surface area (Å²) < 4.78 is 31.1. The smallest absolute Gasteiger partial charge is 0.215 e. The Hall–Kier alpha value is -0.620. The van der Waals surface area contributed by atoms with Crippen LogP contribution in [-0.4, -0.2) is 64.3 Å². The molecule has 1 heterocycles. The maximum absolute atomic E-state index is 12.2. The average molecular weight is 503 g/mol. The van der Waals surface area contributed by atoms with Crippen LogP contribution in [0.5, 0.6) is 0 Å². The summed E-state index contributed by atoms with van der Waals surface area (Å²) in [5, 5.41) is 6.85. The monoisotopic (exact) mass is 502 g/mol. The predicted octanol–water partition coefficient (Wildman–Crippen LogP) is 1.29. The molecule has 0 aliphatic carbocycles. The Balaban J connectivity index is 0.00000312. The van der Waals surface area contributed by atoms with Crippen LogP contribution in [0.25, 0.3) is 0 Å². The minimum absolute atomic E-state index is 0. The summed E-state index contributed by atoms with van der Waals surface area (Å²) in [6.45, 7) is 2.62. The van der Waals surface area contributed by atoms with Crippen molar-refractivity contribution in [3.05, 3.63) is 34.9 Å². The first-order valence-electron chi connectivity index (χ1n) is 7.76. The molecule has 0 spiro atoms. The molecule has 25 heavy (non-hydrogen) atoms. The molecule has 2 rings (SSSR count). The van der Waals surface area contributed by atoms with Gasteiger partial charge in [0.25, 0.3) is 0 Å². The fourth-order valence-electron chi connectivity index (χ4n) is 2.26. The fourth-order valence-corrected chi connectivity index (χ4v) is 3.71. The van der Waals surface area contributed by atoms with Crippen molar-refractivity contribution in [2.45, 2.75) is 6.54 Å². The third-order valence-corrected chi connectivity index (χ3v) is 5.74. The molecule has 0 bridgehead atoms. The highest BCUT2D eigenvalue weighted by molar-refractivity contribution is 14.0. The Morgan fingerprint density at radius 2 is 1.88 bits per heavy atom. The standard InChI is InChI=1S/C15H23ClN4O3S.HI/c1-17-15(19-12-13-2-4-14(16)5-3-13)18-6-11-24(21,22)20-7-9-23-10-8-20;/h2-5H,6-12H2,1H3,(H2,17,18,19);1H. The number of nitrogens with zero attached hydrogens (tertiary/aromatic N) is 2. The van der Waals surface area contributed by atoms with Crippen LogP contribution in [0, 0.1) is 0 Å². The van der Waals surface area contributed by atoms with E-state index in [1.165, 1.54) is 4.31 Å². The van der Waals surface area contributed by atoms with E-state index in [0.29, 0.717) is 50.4 Å². The van der Waals surface area contributed by atoms with Gasteiger partial charge < -0.3 is 15.4 Å². The lowest BCUT2D eigenvalue weighted by Gasteiger charge is -2.26. The van der Waals surface area contributed by atoms with E-state index in [-0.39, 0.29) is 29.7 Å². The number of morpholine rings is 1. The van der Waals surface area contributed by atoms with Crippen LogP contribution in [0.1, 0.15) is 5.56 Å². The first kappa shape index (κ1) is 22.4. The minimum atomic E-state index is -3.27. The van der Waals surface area contributed by atoms with Crippen molar-refractivity contribution in [1.29, 1.82) is 0 Å². The average Bonchev–Trinajstić information content (AvgIpc) is 2.60. The van der Waals surface area contributed by atoms with E-state index in [4.69, 9.17) is 16.3 Å². The lowest BCUT2D eigenvalue weighted by atomic mass is 10.2. The van der Waals surface area contributed by atoms with Crippen LogP contribution < -0.4 is 10.6 Å². The SMILES string of the molecule is CN=C(NCCS(=O)(=O)N1CCOCC1)NCc1ccc(Cl)cc1.I. The summed E-state index contributed by atoms with van der Waals surface area (Å²) in [5.74, 6) is 0.580. The van der Waals surface area contributed by atoms with Crippen LogP contribution in [-0.2, 0) is 21.3 Å². The third-order valence-electron chi connectivity index (χ3n) is 3.61. The van der Waals surface area contributed by atoms with Crippen molar-refractivity contribution >= 4 is 51.6 Å². The van der Waals surface area contributed by atoms with Gasteiger partial charge in [-0.05, 0) is 17.7 Å². The van der Waals surface area contributed by atoms with Crippen LogP contribution in [0.4, 0.5) is 0 Å². The second kappa shape index (κ2) is 11.2. The Labute approximate surface area is 171 Å². The molecule has 10 heteroatoms. The molecule has 0 amide bonds. The van der Waals surface area contributed by atoms with Gasteiger partial charge in [-0.15, -0.1) is 24.0 Å². The molecule has 1 saturated heterocycles. The first-order valence-corrected chi connectivity index (χ1v) is 9.74. The van der Waals surface area contributed by atoms with Crippen LogP contribution in [0.15, 0.2) is 29.3 Å². The molecule has 0 radical (unpaired) electrons. The van der Waals surface area contributed by atoms with Crippen LogP contribution in [0.2, 0.25) is 5.02 Å². The number of benzene rings is 1. The van der Waals surface area contributed by atoms with E-state index < -0.39 is 10.0 Å². The Kier molecular flexibility index (Phi) is 10.0. The van der Waals surface area contributed by atoms with Crippen molar-refractivity contribution in [3.63, 3.8) is 0 Å². The zero-order valence-corrected chi connectivity index (χ0v) is 18.0. The number of rotatable bonds is 6. The van der Waals surface area contributed by atoms with Gasteiger partial charge >= 0.3 is 0 Å². The summed E-state index contributed by atoms with van der Waals surface area (Å²) in [6.07, 6.45) is 0. The lowest BCUT2D eigenvalue weighted by molar-refractivity contribution is 0.0730. The van der Waals surface area contributed by atoms with Gasteiger partial charge in [0, 0.05) is 38.2 Å². The van der Waals surface area contributed by atoms with Crippen LogP contribution >= 0.6 is 35.6 Å². The summed E-state index contributed by atoms with van der Waals surface area (Å²) in [4.78, 5) is 4.09. The normalized spacial score (nSPS) is 16.2. The van der Waals surface area contributed by atoms with Crippen molar-refractivity contribution in [1.82, 2.24) is 14.9 Å². The van der Waals surface area contributed by atoms with Crippen molar-refractivity contribution < 1.29 is 13.2 Å². The summed E-state index contributed by atoms with van der Waals surface area (Å²) in [5.41, 5.74) is 1.06. The zero-order chi connectivity index (χ0) is 17.4. The largest absolute Gasteiger partial charge is 0.379 e. The van der Waals surface area contributed by atoms with Gasteiger partial charge in [0.15, 0.2) is 5.96 Å². The topological polar surface area (TPSA) is 83.0 Å². The summed E-state index contributed by atoms with van der Waals surface area (Å²) in [6, 6.07) is 7.49. The van der Waals surface area contributed by atoms with Crippen molar-refractivity contribution in [3.8, 4) is 0 Å². The number of ether oxygens (including phenoxy) is 1. The second-order valence-electron chi connectivity index (χ2n) is 5.31. The van der Waals surface area contributed by atoms with Gasteiger partial charge in [0.1, 0.15) is 0 Å². The van der Waals surface area contributed by atoms with E-state index in [1.807, 2.05) is 24.3 Å². The molecular weight excluding hydrogens is 479 g/mol. The highest BCUT2D eigenvalue weighted by atomic mass is 127. The molecule has 1 aliphatic rings. The van der Waals surface area contributed by atoms with E-state index in [0.717, 1.165) is 5.56 Å². The van der Waals surface area contributed by atoms with Crippen LogP contribution in [0.3, 0.4) is 0 Å². The van der Waals surface area contributed by atoms with Gasteiger partial charge in [-0.2, -0.15) is 4.31 Å². The molecule has 7 nitrogen and oxygen atoms in total. The van der Waals surface area contributed by atoms with Gasteiger partial charge in [-0.3, -0.25) is 4.99 Å². The van der Waals surface area contributed by atoms with Crippen molar-refractivity contribution in [2.24, 2.45) is 4.99 Å². The molecule has 142 valence electrons. The molecule has 2 N–H and O–H groups in total. The summed E-state index contributed by atoms with van der Waals surface area (Å²) >= 11 is 5.85. The number of aliphatic imine (C=N–C) groups is 1. The van der Waals surface area contributed by atoms with Gasteiger partial charge in [-0.25, -0.2) is 8.42 Å². The molecule has 1 fully saturated rings. The third kappa shape index (κ3) is 7.65. The fraction of sp³-hybridized carbons (Fsp3) is 0.533. The Morgan fingerprint density at radius 3 is 2.48 bits per heavy atom. The second-order valence-corrected chi connectivity index (χ2v) is 7.83. The lowest BCUT2D eigenvalue weighted by Crippen LogP contribution is -2.45. The molecule has 1 aliphatic heterocycles. The number of sulfonamides is 1. The van der Waals surface area contributed by atoms with Crippen molar-refractivity contribution in [2.75, 3.05) is 45.6 Å². The molecular formula is C15H24ClIN4O3S. The van der Waals surface area contributed by atoms with E-state index in [1.54, 1.807) is 7.05 Å². The highest BCUT2D eigenvalue weighted by Crippen LogP contribution is 2.09. The van der Waals surface area contributed by atoms with Gasteiger partial charge in [0.05, 0.1) is 19.0 Å². The number of guanidine groups is 1. The maximum Gasteiger partial charge on any atom is 0.215 e. The number of halogens is 2. The van der Waals surface area contributed by atoms with E-state index in [9.17, 15) is 8.42 Å². The van der Waals surface area contributed by atoms with E-state index >= 15 is 0 Å². The number of hydrogen-bond acceptors (Lipinski definition) is 4. The zero-order valence-electron chi connectivity index (χ0n) is 14.1. The summed E-state index contributed by atoms with van der Waals surface area (Å²) in [7, 11) is -1.62. The Morgan fingerprint density at radius 1 is 1.24 bits per heavy atom. The maximum atomic E-state index is 12.2.